The molecule has 2 unspecified atom stereocenters. The van der Waals surface area contributed by atoms with Gasteiger partial charge in [0, 0.05) is 5.92 Å². The Morgan fingerprint density at radius 2 is 1.26 bits per heavy atom. The van der Waals surface area contributed by atoms with Crippen molar-refractivity contribution in [2.75, 3.05) is 19.8 Å². The molecule has 6 rings (SSSR count). The molecular weight excluding hydrogens is 516 g/mol. The number of ether oxygens (including phenoxy) is 3. The maximum absolute atomic E-state index is 6.75. The molecule has 3 aliphatic heterocycles. The van der Waals surface area contributed by atoms with Gasteiger partial charge in [-0.05, 0) is 90.3 Å². The van der Waals surface area contributed by atoms with Gasteiger partial charge in [0.15, 0.2) is 0 Å². The first-order valence-corrected chi connectivity index (χ1v) is 16.0. The minimum atomic E-state index is -0.0689. The molecule has 3 heteroatoms. The van der Waals surface area contributed by atoms with E-state index in [0.29, 0.717) is 13.2 Å². The molecule has 0 spiro atoms. The van der Waals surface area contributed by atoms with Crippen LogP contribution in [0.2, 0.25) is 0 Å². The lowest BCUT2D eigenvalue weighted by molar-refractivity contribution is 0.0652. The van der Waals surface area contributed by atoms with Gasteiger partial charge in [-0.1, -0.05) is 105 Å². The van der Waals surface area contributed by atoms with E-state index in [0.717, 1.165) is 32.7 Å². The molecule has 2 atom stereocenters. The predicted molar refractivity (Wildman–Crippen MR) is 172 cm³/mol. The van der Waals surface area contributed by atoms with Crippen LogP contribution >= 0.6 is 0 Å². The van der Waals surface area contributed by atoms with Crippen molar-refractivity contribution in [2.45, 2.75) is 117 Å². The molecule has 42 heavy (non-hydrogen) atoms. The lowest BCUT2D eigenvalue weighted by atomic mass is 9.74. The minimum absolute atomic E-state index is 0.0146. The van der Waals surface area contributed by atoms with E-state index in [9.17, 15) is 0 Å². The van der Waals surface area contributed by atoms with Crippen LogP contribution in [0.1, 0.15) is 136 Å². The van der Waals surface area contributed by atoms with Crippen molar-refractivity contribution in [3.05, 3.63) is 104 Å². The zero-order valence-corrected chi connectivity index (χ0v) is 27.4. The van der Waals surface area contributed by atoms with E-state index < -0.39 is 0 Å². The molecule has 3 nitrogen and oxygen atoms in total. The molecule has 0 radical (unpaired) electrons. The monoisotopic (exact) mass is 566 g/mol. The van der Waals surface area contributed by atoms with Crippen molar-refractivity contribution in [1.82, 2.24) is 0 Å². The van der Waals surface area contributed by atoms with E-state index in [1.54, 1.807) is 0 Å². The van der Waals surface area contributed by atoms with Crippen molar-refractivity contribution in [2.24, 2.45) is 0 Å². The summed E-state index contributed by atoms with van der Waals surface area (Å²) in [5, 5.41) is 0. The molecule has 0 bridgehead atoms. The molecule has 0 aliphatic carbocycles. The fourth-order valence-electron chi connectivity index (χ4n) is 7.23. The minimum Gasteiger partial charge on any atom is -0.376 e. The normalized spacial score (nSPS) is 21.0. The van der Waals surface area contributed by atoms with Crippen molar-refractivity contribution in [3.8, 4) is 0 Å². The van der Waals surface area contributed by atoms with Gasteiger partial charge < -0.3 is 14.2 Å². The fourth-order valence-corrected chi connectivity index (χ4v) is 7.23. The molecule has 0 saturated heterocycles. The van der Waals surface area contributed by atoms with Crippen molar-refractivity contribution < 1.29 is 14.2 Å². The van der Waals surface area contributed by atoms with Crippen LogP contribution in [-0.2, 0) is 56.5 Å². The van der Waals surface area contributed by atoms with Crippen molar-refractivity contribution >= 4 is 0 Å². The van der Waals surface area contributed by atoms with E-state index >= 15 is 0 Å². The third kappa shape index (κ3) is 5.38. The third-order valence-electron chi connectivity index (χ3n) is 9.71. The van der Waals surface area contributed by atoms with Gasteiger partial charge >= 0.3 is 0 Å². The summed E-state index contributed by atoms with van der Waals surface area (Å²) in [5.74, 6) is 0.219. The summed E-state index contributed by atoms with van der Waals surface area (Å²) < 4.78 is 19.1. The molecule has 0 saturated carbocycles. The predicted octanol–water partition coefficient (Wildman–Crippen LogP) is 8.98. The van der Waals surface area contributed by atoms with Gasteiger partial charge in [0.2, 0.25) is 0 Å². The summed E-state index contributed by atoms with van der Waals surface area (Å²) in [6.07, 6.45) is 1.80. The number of benzene rings is 3. The molecule has 224 valence electrons. The van der Waals surface area contributed by atoms with Crippen LogP contribution < -0.4 is 0 Å². The second kappa shape index (κ2) is 10.6. The highest BCUT2D eigenvalue weighted by atomic mass is 16.5. The lowest BCUT2D eigenvalue weighted by Crippen LogP contribution is -2.28. The van der Waals surface area contributed by atoms with Crippen molar-refractivity contribution in [3.63, 3.8) is 0 Å². The smallest absolute Gasteiger partial charge is 0.108 e. The summed E-state index contributed by atoms with van der Waals surface area (Å²) in [7, 11) is 0. The van der Waals surface area contributed by atoms with Gasteiger partial charge in [0.1, 0.15) is 6.10 Å². The van der Waals surface area contributed by atoms with Crippen LogP contribution in [0.5, 0.6) is 0 Å². The highest BCUT2D eigenvalue weighted by molar-refractivity contribution is 5.55. The van der Waals surface area contributed by atoms with E-state index in [-0.39, 0.29) is 28.3 Å². The first kappa shape index (κ1) is 29.6. The van der Waals surface area contributed by atoms with E-state index in [1.165, 1.54) is 61.2 Å². The molecule has 0 fully saturated rings. The molecular formula is C39H50O3. The molecule has 3 heterocycles. The zero-order chi connectivity index (χ0) is 30.0. The second-order valence-electron chi connectivity index (χ2n) is 15.8. The molecule has 0 aromatic heterocycles. The first-order chi connectivity index (χ1) is 19.7. The van der Waals surface area contributed by atoms with Crippen LogP contribution in [0.25, 0.3) is 0 Å². The number of hydrogen-bond acceptors (Lipinski definition) is 3. The Kier molecular flexibility index (Phi) is 7.48. The largest absolute Gasteiger partial charge is 0.376 e. The number of rotatable bonds is 2. The maximum atomic E-state index is 6.75. The number of hydrogen-bond donors (Lipinski definition) is 0. The Labute approximate surface area is 254 Å². The Hall–Kier alpha value is -2.46. The topological polar surface area (TPSA) is 27.7 Å². The van der Waals surface area contributed by atoms with Gasteiger partial charge in [-0.3, -0.25) is 0 Å². The second-order valence-corrected chi connectivity index (χ2v) is 15.8. The molecule has 0 amide bonds. The molecule has 0 N–H and O–H groups in total. The van der Waals surface area contributed by atoms with E-state index in [1.807, 2.05) is 0 Å². The van der Waals surface area contributed by atoms with Crippen molar-refractivity contribution in [1.29, 1.82) is 0 Å². The van der Waals surface area contributed by atoms with Gasteiger partial charge in [0.25, 0.3) is 0 Å². The Bertz CT molecular complexity index is 1490. The first-order valence-electron chi connectivity index (χ1n) is 16.0. The van der Waals surface area contributed by atoms with Gasteiger partial charge in [-0.2, -0.15) is 0 Å². The Morgan fingerprint density at radius 3 is 1.98 bits per heavy atom. The number of fused-ring (bicyclic) bond motifs is 3. The van der Waals surface area contributed by atoms with E-state index in [2.05, 4.69) is 105 Å². The Morgan fingerprint density at radius 1 is 0.571 bits per heavy atom. The standard InChI is InChI=1S/C39H50O3/c1-37(2,3)25-11-10-24-21-41-22-33(30(24)18-25)31-19-26(38(4,5)6)20-32-28(31)15-17-42-36(32)29-12-13-35(39(7,8)9)34-23-40-16-14-27(29)34/h10-13,18-20,33,36H,14-17,21-23H2,1-9H3. The maximum Gasteiger partial charge on any atom is 0.108 e. The lowest BCUT2D eigenvalue weighted by Gasteiger charge is -2.37. The summed E-state index contributed by atoms with van der Waals surface area (Å²) in [5.41, 5.74) is 15.5. The highest BCUT2D eigenvalue weighted by Gasteiger charge is 2.35. The Balaban J connectivity index is 1.54. The van der Waals surface area contributed by atoms with Crippen LogP contribution in [0.3, 0.4) is 0 Å². The van der Waals surface area contributed by atoms with Crippen LogP contribution in [0.4, 0.5) is 0 Å². The van der Waals surface area contributed by atoms with Gasteiger partial charge in [0.05, 0.1) is 33.0 Å². The summed E-state index contributed by atoms with van der Waals surface area (Å²) in [4.78, 5) is 0. The third-order valence-corrected chi connectivity index (χ3v) is 9.71. The fraction of sp³-hybridized carbons (Fsp3) is 0.538. The van der Waals surface area contributed by atoms with Crippen LogP contribution in [-0.4, -0.2) is 19.8 Å². The quantitative estimate of drug-likeness (QED) is 0.310. The van der Waals surface area contributed by atoms with E-state index in [4.69, 9.17) is 14.2 Å². The summed E-state index contributed by atoms with van der Waals surface area (Å²) in [6, 6.07) is 16.7. The van der Waals surface area contributed by atoms with Crippen LogP contribution in [0, 0.1) is 0 Å². The molecule has 3 aromatic carbocycles. The molecule has 3 aliphatic rings. The molecule has 3 aromatic rings. The average Bonchev–Trinajstić information content (AvgIpc) is 2.93. The summed E-state index contributed by atoms with van der Waals surface area (Å²) in [6.45, 7) is 24.4. The van der Waals surface area contributed by atoms with Gasteiger partial charge in [-0.15, -0.1) is 0 Å². The SMILES string of the molecule is CC(C)(C)c1ccc2c(c1)C(c1cc(C(C)(C)C)cc3c1CCOC3c1ccc(C(C)(C)C)c3c1CCOC3)COC2. The summed E-state index contributed by atoms with van der Waals surface area (Å²) >= 11 is 0. The van der Waals surface area contributed by atoms with Gasteiger partial charge in [-0.25, -0.2) is 0 Å². The highest BCUT2D eigenvalue weighted by Crippen LogP contribution is 2.45. The zero-order valence-electron chi connectivity index (χ0n) is 27.4. The average molecular weight is 567 g/mol. The van der Waals surface area contributed by atoms with Crippen LogP contribution in [0.15, 0.2) is 42.5 Å².